The van der Waals surface area contributed by atoms with Gasteiger partial charge < -0.3 is 5.32 Å². The lowest BCUT2D eigenvalue weighted by Gasteiger charge is -2.02. The lowest BCUT2D eigenvalue weighted by Crippen LogP contribution is -2.00. The first kappa shape index (κ1) is 7.17. The summed E-state index contributed by atoms with van der Waals surface area (Å²) in [5.74, 6) is 0. The summed E-state index contributed by atoms with van der Waals surface area (Å²) in [7, 11) is 0. The predicted molar refractivity (Wildman–Crippen MR) is 47.8 cm³/mol. The summed E-state index contributed by atoms with van der Waals surface area (Å²) in [4.78, 5) is 0. The van der Waals surface area contributed by atoms with E-state index < -0.39 is 0 Å². The van der Waals surface area contributed by atoms with Crippen molar-refractivity contribution in [3.05, 3.63) is 29.8 Å². The summed E-state index contributed by atoms with van der Waals surface area (Å²) in [6, 6.07) is 10.4. The zero-order valence-corrected chi connectivity index (χ0v) is 6.75. The molecule has 1 saturated carbocycles. The number of nitriles is 1. The Morgan fingerprint density at radius 2 is 2.25 bits per heavy atom. The van der Waals surface area contributed by atoms with Gasteiger partial charge in [0, 0.05) is 11.7 Å². The van der Waals surface area contributed by atoms with Gasteiger partial charge in [0.1, 0.15) is 0 Å². The Balaban J connectivity index is 2.15. The highest BCUT2D eigenvalue weighted by Gasteiger charge is 2.20. The van der Waals surface area contributed by atoms with Gasteiger partial charge in [-0.1, -0.05) is 6.07 Å². The number of nitrogens with zero attached hydrogens (tertiary/aromatic N) is 1. The van der Waals surface area contributed by atoms with E-state index in [-0.39, 0.29) is 0 Å². The van der Waals surface area contributed by atoms with E-state index in [0.29, 0.717) is 6.04 Å². The lowest BCUT2D eigenvalue weighted by atomic mass is 10.2. The highest BCUT2D eigenvalue weighted by molar-refractivity contribution is 5.50. The van der Waals surface area contributed by atoms with Gasteiger partial charge in [0.25, 0.3) is 0 Å². The Bertz CT molecular complexity index is 321. The highest BCUT2D eigenvalue weighted by Crippen LogP contribution is 2.24. The average Bonchev–Trinajstić information content (AvgIpc) is 2.89. The lowest BCUT2D eigenvalue weighted by molar-refractivity contribution is 1.16. The fourth-order valence-electron chi connectivity index (χ4n) is 1.14. The Kier molecular flexibility index (Phi) is 1.71. The van der Waals surface area contributed by atoms with Crippen LogP contribution in [-0.4, -0.2) is 6.04 Å². The van der Waals surface area contributed by atoms with Gasteiger partial charge in [-0.05, 0) is 31.0 Å². The third-order valence-corrected chi connectivity index (χ3v) is 1.94. The molecular weight excluding hydrogens is 148 g/mol. The van der Waals surface area contributed by atoms with Crippen molar-refractivity contribution in [3.8, 4) is 6.07 Å². The maximum atomic E-state index is 8.63. The zero-order chi connectivity index (χ0) is 8.39. The Hall–Kier alpha value is -1.49. The van der Waals surface area contributed by atoms with Crippen LogP contribution in [0.5, 0.6) is 0 Å². The van der Waals surface area contributed by atoms with Crippen LogP contribution in [0.3, 0.4) is 0 Å². The number of hydrogen-bond acceptors (Lipinski definition) is 2. The summed E-state index contributed by atoms with van der Waals surface area (Å²) in [5, 5.41) is 12.0. The summed E-state index contributed by atoms with van der Waals surface area (Å²) in [5.41, 5.74) is 1.79. The Morgan fingerprint density at radius 3 is 2.92 bits per heavy atom. The van der Waals surface area contributed by atoms with Gasteiger partial charge in [0.2, 0.25) is 0 Å². The monoisotopic (exact) mass is 158 g/mol. The molecule has 0 amide bonds. The van der Waals surface area contributed by atoms with Crippen LogP contribution in [0.1, 0.15) is 18.4 Å². The number of nitrogens with one attached hydrogen (secondary N) is 1. The maximum Gasteiger partial charge on any atom is 0.0992 e. The van der Waals surface area contributed by atoms with E-state index in [0.717, 1.165) is 11.3 Å². The number of rotatable bonds is 2. The van der Waals surface area contributed by atoms with Crippen LogP contribution in [0, 0.1) is 11.3 Å². The summed E-state index contributed by atoms with van der Waals surface area (Å²) >= 11 is 0. The van der Waals surface area contributed by atoms with E-state index in [1.165, 1.54) is 12.8 Å². The van der Waals surface area contributed by atoms with E-state index in [1.807, 2.05) is 24.3 Å². The molecule has 0 saturated heterocycles. The minimum absolute atomic E-state index is 0.652. The molecule has 1 aromatic rings. The molecule has 60 valence electrons. The predicted octanol–water partition coefficient (Wildman–Crippen LogP) is 2.13. The average molecular weight is 158 g/mol. The smallest absolute Gasteiger partial charge is 0.0992 e. The normalized spacial score (nSPS) is 15.2. The Labute approximate surface area is 71.8 Å². The largest absolute Gasteiger partial charge is 0.382 e. The van der Waals surface area contributed by atoms with Crippen molar-refractivity contribution in [1.82, 2.24) is 0 Å². The molecular formula is C10H10N2. The molecule has 0 atom stereocenters. The van der Waals surface area contributed by atoms with Crippen molar-refractivity contribution >= 4 is 5.69 Å². The molecule has 0 aromatic heterocycles. The van der Waals surface area contributed by atoms with Gasteiger partial charge in [-0.25, -0.2) is 0 Å². The van der Waals surface area contributed by atoms with Crippen molar-refractivity contribution in [2.45, 2.75) is 18.9 Å². The van der Waals surface area contributed by atoms with E-state index in [4.69, 9.17) is 5.26 Å². The van der Waals surface area contributed by atoms with Crippen molar-refractivity contribution < 1.29 is 0 Å². The van der Waals surface area contributed by atoms with E-state index in [2.05, 4.69) is 11.4 Å². The van der Waals surface area contributed by atoms with Gasteiger partial charge in [0.05, 0.1) is 11.6 Å². The van der Waals surface area contributed by atoms with Crippen LogP contribution in [-0.2, 0) is 0 Å². The molecule has 0 bridgehead atoms. The molecule has 12 heavy (non-hydrogen) atoms. The van der Waals surface area contributed by atoms with Crippen molar-refractivity contribution in [3.63, 3.8) is 0 Å². The van der Waals surface area contributed by atoms with E-state index in [9.17, 15) is 0 Å². The molecule has 2 heteroatoms. The second-order valence-electron chi connectivity index (χ2n) is 3.11. The van der Waals surface area contributed by atoms with Gasteiger partial charge in [-0.3, -0.25) is 0 Å². The molecule has 2 rings (SSSR count). The van der Waals surface area contributed by atoms with Crippen LogP contribution >= 0.6 is 0 Å². The third-order valence-electron chi connectivity index (χ3n) is 1.94. The highest BCUT2D eigenvalue weighted by atomic mass is 14.9. The first-order chi connectivity index (χ1) is 5.88. The van der Waals surface area contributed by atoms with Crippen molar-refractivity contribution in [2.75, 3.05) is 5.32 Å². The minimum atomic E-state index is 0.652. The molecule has 0 aliphatic heterocycles. The molecule has 2 nitrogen and oxygen atoms in total. The second-order valence-corrected chi connectivity index (χ2v) is 3.11. The number of benzene rings is 1. The molecule has 0 spiro atoms. The maximum absolute atomic E-state index is 8.63. The van der Waals surface area contributed by atoms with Crippen LogP contribution < -0.4 is 5.32 Å². The van der Waals surface area contributed by atoms with Gasteiger partial charge in [-0.15, -0.1) is 0 Å². The van der Waals surface area contributed by atoms with Crippen LogP contribution in [0.25, 0.3) is 0 Å². The zero-order valence-electron chi connectivity index (χ0n) is 6.75. The topological polar surface area (TPSA) is 35.8 Å². The van der Waals surface area contributed by atoms with Crippen LogP contribution in [0.4, 0.5) is 5.69 Å². The summed E-state index contributed by atoms with van der Waals surface area (Å²) in [6.07, 6.45) is 2.52. The Morgan fingerprint density at radius 1 is 1.42 bits per heavy atom. The molecule has 1 fully saturated rings. The fourth-order valence-corrected chi connectivity index (χ4v) is 1.14. The molecule has 0 radical (unpaired) electrons. The second kappa shape index (κ2) is 2.86. The SMILES string of the molecule is N#Cc1cccc(NC2CC2)c1. The minimum Gasteiger partial charge on any atom is -0.382 e. The van der Waals surface area contributed by atoms with E-state index in [1.54, 1.807) is 0 Å². The summed E-state index contributed by atoms with van der Waals surface area (Å²) in [6.45, 7) is 0. The summed E-state index contributed by atoms with van der Waals surface area (Å²) < 4.78 is 0. The number of hydrogen-bond donors (Lipinski definition) is 1. The molecule has 0 heterocycles. The van der Waals surface area contributed by atoms with Crippen LogP contribution in [0.2, 0.25) is 0 Å². The molecule has 1 aromatic carbocycles. The third kappa shape index (κ3) is 1.57. The van der Waals surface area contributed by atoms with Gasteiger partial charge in [0.15, 0.2) is 0 Å². The van der Waals surface area contributed by atoms with Gasteiger partial charge >= 0.3 is 0 Å². The molecule has 1 aliphatic carbocycles. The first-order valence-electron chi connectivity index (χ1n) is 4.15. The van der Waals surface area contributed by atoms with E-state index >= 15 is 0 Å². The van der Waals surface area contributed by atoms with Gasteiger partial charge in [-0.2, -0.15) is 5.26 Å². The van der Waals surface area contributed by atoms with Crippen molar-refractivity contribution in [1.29, 1.82) is 5.26 Å². The molecule has 1 N–H and O–H groups in total. The van der Waals surface area contributed by atoms with Crippen LogP contribution in [0.15, 0.2) is 24.3 Å². The fraction of sp³-hybridized carbons (Fsp3) is 0.300. The quantitative estimate of drug-likeness (QED) is 0.715. The molecule has 0 unspecified atom stereocenters. The first-order valence-corrected chi connectivity index (χ1v) is 4.15. The molecule has 1 aliphatic rings. The number of anilines is 1. The van der Waals surface area contributed by atoms with Crippen molar-refractivity contribution in [2.24, 2.45) is 0 Å². The standard InChI is InChI=1S/C10H10N2/c11-7-8-2-1-3-10(6-8)12-9-4-5-9/h1-3,6,9,12H,4-5H2.